The summed E-state index contributed by atoms with van der Waals surface area (Å²) in [5.41, 5.74) is 7.88. The van der Waals surface area contributed by atoms with Crippen LogP contribution in [0.2, 0.25) is 0 Å². The molecule has 2 amide bonds. The highest BCUT2D eigenvalue weighted by Crippen LogP contribution is 2.43. The Morgan fingerprint density at radius 3 is 2.73 bits per heavy atom. The Hall–Kier alpha value is -1.92. The lowest BCUT2D eigenvalue weighted by Gasteiger charge is -2.39. The average molecular weight is 356 g/mol. The van der Waals surface area contributed by atoms with Crippen molar-refractivity contribution in [3.8, 4) is 0 Å². The molecule has 0 aliphatic carbocycles. The highest BCUT2D eigenvalue weighted by atomic mass is 16.2. The molecule has 2 fully saturated rings. The maximum Gasteiger partial charge on any atom is 0.236 e. The van der Waals surface area contributed by atoms with Crippen LogP contribution in [0.1, 0.15) is 45.1 Å². The minimum absolute atomic E-state index is 0.0441. The molecule has 1 aromatic carbocycles. The minimum atomic E-state index is -0.568. The first-order chi connectivity index (χ1) is 12.5. The number of benzene rings is 1. The van der Waals surface area contributed by atoms with E-state index in [-0.39, 0.29) is 11.8 Å². The first-order valence-corrected chi connectivity index (χ1v) is 9.71. The van der Waals surface area contributed by atoms with Crippen molar-refractivity contribution < 1.29 is 9.59 Å². The lowest BCUT2D eigenvalue weighted by molar-refractivity contribution is -0.135. The molecular formula is C20H28N4O2. The van der Waals surface area contributed by atoms with Gasteiger partial charge < -0.3 is 10.2 Å². The number of hydrogen-bond acceptors (Lipinski definition) is 4. The van der Waals surface area contributed by atoms with Crippen molar-refractivity contribution in [2.75, 3.05) is 18.4 Å². The zero-order chi connectivity index (χ0) is 18.3. The van der Waals surface area contributed by atoms with Gasteiger partial charge in [0.05, 0.1) is 5.41 Å². The zero-order valence-electron chi connectivity index (χ0n) is 15.5. The van der Waals surface area contributed by atoms with Crippen LogP contribution in [-0.2, 0) is 15.0 Å². The summed E-state index contributed by atoms with van der Waals surface area (Å²) in [4.78, 5) is 27.6. The molecule has 1 spiro atoms. The molecule has 4 rings (SSSR count). The maximum atomic E-state index is 12.9. The van der Waals surface area contributed by atoms with Crippen LogP contribution < -0.4 is 16.2 Å². The van der Waals surface area contributed by atoms with Crippen molar-refractivity contribution in [2.24, 2.45) is 5.92 Å². The summed E-state index contributed by atoms with van der Waals surface area (Å²) in [6, 6.07) is 8.64. The summed E-state index contributed by atoms with van der Waals surface area (Å²) in [5, 5.41) is 3.01. The van der Waals surface area contributed by atoms with E-state index in [0.717, 1.165) is 37.1 Å². The molecule has 140 valence electrons. The monoisotopic (exact) mass is 356 g/mol. The number of likely N-dealkylation sites (tertiary alicyclic amines) is 1. The van der Waals surface area contributed by atoms with E-state index in [1.165, 1.54) is 0 Å². The fourth-order valence-corrected chi connectivity index (χ4v) is 4.91. The molecule has 3 aliphatic heterocycles. The lowest BCUT2D eigenvalue weighted by atomic mass is 9.75. The molecule has 26 heavy (non-hydrogen) atoms. The number of carbonyl (C=O) groups excluding carboxylic acids is 2. The zero-order valence-corrected chi connectivity index (χ0v) is 15.5. The highest BCUT2D eigenvalue weighted by Gasteiger charge is 2.49. The number of piperidine rings is 1. The van der Waals surface area contributed by atoms with Crippen molar-refractivity contribution in [1.29, 1.82) is 0 Å². The van der Waals surface area contributed by atoms with Crippen LogP contribution in [0.15, 0.2) is 24.3 Å². The van der Waals surface area contributed by atoms with Gasteiger partial charge in [0, 0.05) is 37.3 Å². The molecule has 1 aromatic rings. The summed E-state index contributed by atoms with van der Waals surface area (Å²) in [6.45, 7) is 5.56. The van der Waals surface area contributed by atoms with Gasteiger partial charge in [0.15, 0.2) is 0 Å². The van der Waals surface area contributed by atoms with Crippen LogP contribution in [0.5, 0.6) is 0 Å². The number of fused-ring (bicyclic) bond motifs is 2. The molecule has 6 nitrogen and oxygen atoms in total. The highest BCUT2D eigenvalue weighted by molar-refractivity contribution is 6.06. The van der Waals surface area contributed by atoms with Gasteiger partial charge in [0.25, 0.3) is 0 Å². The summed E-state index contributed by atoms with van der Waals surface area (Å²) in [5.74, 6) is 0.670. The second-order valence-corrected chi connectivity index (χ2v) is 8.07. The second kappa shape index (κ2) is 6.67. The normalized spacial score (nSPS) is 33.4. The van der Waals surface area contributed by atoms with Crippen LogP contribution in [0, 0.1) is 5.92 Å². The Morgan fingerprint density at radius 2 is 1.96 bits per heavy atom. The molecule has 3 heterocycles. The SMILES string of the molecule is CC1NNC(C)C1CCC(=O)N1CCCC2(C1)C(=O)Nc1ccccc12. The molecule has 2 saturated heterocycles. The van der Waals surface area contributed by atoms with Crippen molar-refractivity contribution in [3.05, 3.63) is 29.8 Å². The minimum Gasteiger partial charge on any atom is -0.341 e. The van der Waals surface area contributed by atoms with Crippen LogP contribution in [0.3, 0.4) is 0 Å². The lowest BCUT2D eigenvalue weighted by Crippen LogP contribution is -2.52. The number of nitrogens with zero attached hydrogens (tertiary/aromatic N) is 1. The molecule has 3 aliphatic rings. The number of hydrazine groups is 1. The van der Waals surface area contributed by atoms with E-state index in [4.69, 9.17) is 0 Å². The number of nitrogens with one attached hydrogen (secondary N) is 3. The van der Waals surface area contributed by atoms with E-state index in [9.17, 15) is 9.59 Å². The third kappa shape index (κ3) is 2.81. The van der Waals surface area contributed by atoms with Gasteiger partial charge in [-0.3, -0.25) is 20.4 Å². The van der Waals surface area contributed by atoms with Gasteiger partial charge in [-0.15, -0.1) is 0 Å². The standard InChI is InChI=1S/C20H28N4O2/c1-13-15(14(2)23-22-13)8-9-18(25)24-11-5-10-20(12-24)16-6-3-4-7-17(16)21-19(20)26/h3-4,6-7,13-15,22-23H,5,8-12H2,1-2H3,(H,21,26). The Balaban J connectivity index is 1.45. The maximum absolute atomic E-state index is 12.9. The van der Waals surface area contributed by atoms with E-state index < -0.39 is 5.41 Å². The Morgan fingerprint density at radius 1 is 1.23 bits per heavy atom. The molecule has 0 saturated carbocycles. The Kier molecular flexibility index (Phi) is 4.49. The predicted octanol–water partition coefficient (Wildman–Crippen LogP) is 1.78. The number of amides is 2. The summed E-state index contributed by atoms with van der Waals surface area (Å²) < 4.78 is 0. The Labute approximate surface area is 154 Å². The van der Waals surface area contributed by atoms with Crippen LogP contribution in [0.4, 0.5) is 5.69 Å². The largest absolute Gasteiger partial charge is 0.341 e. The average Bonchev–Trinajstić information content (AvgIpc) is 3.10. The summed E-state index contributed by atoms with van der Waals surface area (Å²) >= 11 is 0. The van der Waals surface area contributed by atoms with Gasteiger partial charge in [-0.05, 0) is 50.7 Å². The summed E-state index contributed by atoms with van der Waals surface area (Å²) in [7, 11) is 0. The molecule has 6 heteroatoms. The topological polar surface area (TPSA) is 73.5 Å². The van der Waals surface area contributed by atoms with E-state index in [1.807, 2.05) is 29.2 Å². The molecule has 0 aromatic heterocycles. The predicted molar refractivity (Wildman–Crippen MR) is 100 cm³/mol. The van der Waals surface area contributed by atoms with Gasteiger partial charge in [-0.2, -0.15) is 0 Å². The number of rotatable bonds is 3. The van der Waals surface area contributed by atoms with Crippen LogP contribution >= 0.6 is 0 Å². The molecule has 0 radical (unpaired) electrons. The van der Waals surface area contributed by atoms with Gasteiger partial charge in [-0.1, -0.05) is 18.2 Å². The number of hydrogen-bond donors (Lipinski definition) is 3. The van der Waals surface area contributed by atoms with Crippen molar-refractivity contribution >= 4 is 17.5 Å². The van der Waals surface area contributed by atoms with E-state index >= 15 is 0 Å². The quantitative estimate of drug-likeness (QED) is 0.772. The van der Waals surface area contributed by atoms with Gasteiger partial charge in [0.2, 0.25) is 11.8 Å². The van der Waals surface area contributed by atoms with Crippen LogP contribution in [-0.4, -0.2) is 41.9 Å². The number of carbonyl (C=O) groups is 2. The van der Waals surface area contributed by atoms with Gasteiger partial charge >= 0.3 is 0 Å². The smallest absolute Gasteiger partial charge is 0.236 e. The number of anilines is 1. The first kappa shape index (κ1) is 17.5. The third-order valence-corrected chi connectivity index (χ3v) is 6.49. The van der Waals surface area contributed by atoms with Crippen LogP contribution in [0.25, 0.3) is 0 Å². The van der Waals surface area contributed by atoms with E-state index in [1.54, 1.807) is 0 Å². The fourth-order valence-electron chi connectivity index (χ4n) is 4.91. The van der Waals surface area contributed by atoms with E-state index in [2.05, 4.69) is 30.0 Å². The third-order valence-electron chi connectivity index (χ3n) is 6.49. The van der Waals surface area contributed by atoms with Crippen molar-refractivity contribution in [2.45, 2.75) is 57.0 Å². The van der Waals surface area contributed by atoms with Crippen molar-refractivity contribution in [3.63, 3.8) is 0 Å². The Bertz CT molecular complexity index is 712. The van der Waals surface area contributed by atoms with E-state index in [0.29, 0.717) is 31.0 Å². The first-order valence-electron chi connectivity index (χ1n) is 9.71. The van der Waals surface area contributed by atoms with Crippen molar-refractivity contribution in [1.82, 2.24) is 15.8 Å². The second-order valence-electron chi connectivity index (χ2n) is 8.07. The fraction of sp³-hybridized carbons (Fsp3) is 0.600. The van der Waals surface area contributed by atoms with Gasteiger partial charge in [0.1, 0.15) is 0 Å². The summed E-state index contributed by atoms with van der Waals surface area (Å²) in [6.07, 6.45) is 3.09. The molecule has 0 bridgehead atoms. The molecule has 3 atom stereocenters. The van der Waals surface area contributed by atoms with Gasteiger partial charge in [-0.25, -0.2) is 0 Å². The number of para-hydroxylation sites is 1. The molecular weight excluding hydrogens is 328 g/mol. The molecule has 3 N–H and O–H groups in total. The molecule has 3 unspecified atom stereocenters.